The Balaban J connectivity index is 3.73. The van der Waals surface area contributed by atoms with E-state index in [4.69, 9.17) is 0 Å². The molecule has 0 aliphatic carbocycles. The van der Waals surface area contributed by atoms with Gasteiger partial charge < -0.3 is 4.90 Å². The van der Waals surface area contributed by atoms with Crippen molar-refractivity contribution in [3.05, 3.63) is 0 Å². The molecule has 1 nitrogen and oxygen atoms in total. The minimum Gasteiger partial charge on any atom is -0.306 e. The van der Waals surface area contributed by atoms with E-state index in [1.807, 2.05) is 0 Å². The van der Waals surface area contributed by atoms with Crippen molar-refractivity contribution in [2.45, 2.75) is 34.1 Å². The molecule has 86 valence electrons. The zero-order valence-electron chi connectivity index (χ0n) is 10.5. The normalized spacial score (nSPS) is 14.4. The molecule has 0 saturated heterocycles. The molecule has 0 aliphatic heterocycles. The molecule has 0 radical (unpaired) electrons. The molecule has 2 heteroatoms. The lowest BCUT2D eigenvalue weighted by Gasteiger charge is -2.26. The van der Waals surface area contributed by atoms with E-state index < -0.39 is 0 Å². The molecule has 0 rings (SSSR count). The van der Waals surface area contributed by atoms with Crippen molar-refractivity contribution in [2.75, 3.05) is 25.9 Å². The molecule has 0 heterocycles. The summed E-state index contributed by atoms with van der Waals surface area (Å²) in [7, 11) is 2.22. The van der Waals surface area contributed by atoms with Crippen molar-refractivity contribution in [3.63, 3.8) is 0 Å². The third kappa shape index (κ3) is 6.72. The maximum Gasteiger partial charge on any atom is 0.00169 e. The number of hydrogen-bond donors (Lipinski definition) is 1. The van der Waals surface area contributed by atoms with E-state index in [9.17, 15) is 0 Å². The van der Waals surface area contributed by atoms with Gasteiger partial charge in [-0.1, -0.05) is 27.7 Å². The van der Waals surface area contributed by atoms with E-state index in [0.717, 1.165) is 23.5 Å². The first-order valence-corrected chi connectivity index (χ1v) is 6.40. The fourth-order valence-corrected chi connectivity index (χ4v) is 1.99. The first-order chi connectivity index (χ1) is 6.47. The van der Waals surface area contributed by atoms with Gasteiger partial charge in [0.25, 0.3) is 0 Å². The number of thiol groups is 1. The quantitative estimate of drug-likeness (QED) is 0.641. The van der Waals surface area contributed by atoms with E-state index in [-0.39, 0.29) is 0 Å². The summed E-state index contributed by atoms with van der Waals surface area (Å²) in [5.41, 5.74) is 0. The number of hydrogen-bond acceptors (Lipinski definition) is 2. The van der Waals surface area contributed by atoms with Crippen LogP contribution in [0.3, 0.4) is 0 Å². The van der Waals surface area contributed by atoms with E-state index in [0.29, 0.717) is 0 Å². The Labute approximate surface area is 95.7 Å². The second-order valence-electron chi connectivity index (χ2n) is 5.13. The van der Waals surface area contributed by atoms with E-state index in [2.05, 4.69) is 52.3 Å². The van der Waals surface area contributed by atoms with Crippen molar-refractivity contribution < 1.29 is 0 Å². The highest BCUT2D eigenvalue weighted by Crippen LogP contribution is 2.14. The molecule has 0 aromatic rings. The summed E-state index contributed by atoms with van der Waals surface area (Å²) >= 11 is 4.41. The van der Waals surface area contributed by atoms with Crippen LogP contribution in [-0.2, 0) is 0 Å². The maximum atomic E-state index is 4.41. The monoisotopic (exact) mass is 217 g/mol. The fraction of sp³-hybridized carbons (Fsp3) is 1.00. The van der Waals surface area contributed by atoms with E-state index in [1.54, 1.807) is 0 Å². The lowest BCUT2D eigenvalue weighted by atomic mass is 9.97. The maximum absolute atomic E-state index is 4.41. The van der Waals surface area contributed by atoms with Crippen LogP contribution in [0.5, 0.6) is 0 Å². The Kier molecular flexibility index (Phi) is 7.75. The van der Waals surface area contributed by atoms with Gasteiger partial charge in [-0.2, -0.15) is 12.6 Å². The molecular weight excluding hydrogens is 190 g/mol. The van der Waals surface area contributed by atoms with Crippen LogP contribution in [0, 0.1) is 17.8 Å². The van der Waals surface area contributed by atoms with Crippen LogP contribution >= 0.6 is 12.6 Å². The van der Waals surface area contributed by atoms with Gasteiger partial charge in [-0.25, -0.2) is 0 Å². The van der Waals surface area contributed by atoms with Gasteiger partial charge in [0, 0.05) is 6.54 Å². The van der Waals surface area contributed by atoms with Gasteiger partial charge in [0.1, 0.15) is 0 Å². The molecule has 0 fully saturated rings. The van der Waals surface area contributed by atoms with Crippen molar-refractivity contribution in [2.24, 2.45) is 17.8 Å². The molecule has 0 amide bonds. The van der Waals surface area contributed by atoms with Crippen LogP contribution in [0.15, 0.2) is 0 Å². The van der Waals surface area contributed by atoms with Gasteiger partial charge >= 0.3 is 0 Å². The summed E-state index contributed by atoms with van der Waals surface area (Å²) in [5, 5.41) is 0. The van der Waals surface area contributed by atoms with Gasteiger partial charge in [0.15, 0.2) is 0 Å². The average Bonchev–Trinajstić information content (AvgIpc) is 2.10. The summed E-state index contributed by atoms with van der Waals surface area (Å²) in [5.74, 6) is 3.29. The predicted octanol–water partition coefficient (Wildman–Crippen LogP) is 3.17. The van der Waals surface area contributed by atoms with Crippen LogP contribution in [-0.4, -0.2) is 30.8 Å². The van der Waals surface area contributed by atoms with Crippen LogP contribution in [0.4, 0.5) is 0 Å². The summed E-state index contributed by atoms with van der Waals surface area (Å²) in [6.45, 7) is 11.6. The second-order valence-corrected chi connectivity index (χ2v) is 5.50. The summed E-state index contributed by atoms with van der Waals surface area (Å²) < 4.78 is 0. The average molecular weight is 217 g/mol. The molecule has 0 aromatic carbocycles. The Morgan fingerprint density at radius 2 is 1.71 bits per heavy atom. The molecule has 1 atom stereocenters. The number of nitrogens with zero attached hydrogens (tertiary/aromatic N) is 1. The lowest BCUT2D eigenvalue weighted by molar-refractivity contribution is 0.242. The predicted molar refractivity (Wildman–Crippen MR) is 69.1 cm³/mol. The Bertz CT molecular complexity index is 134. The van der Waals surface area contributed by atoms with E-state index >= 15 is 0 Å². The smallest absolute Gasteiger partial charge is 0.00169 e. The molecule has 0 bridgehead atoms. The second kappa shape index (κ2) is 7.58. The highest BCUT2D eigenvalue weighted by molar-refractivity contribution is 7.80. The summed E-state index contributed by atoms with van der Waals surface area (Å²) in [6, 6.07) is 0. The largest absolute Gasteiger partial charge is 0.306 e. The lowest BCUT2D eigenvalue weighted by Crippen LogP contribution is -2.30. The molecule has 1 unspecified atom stereocenters. The Morgan fingerprint density at radius 1 is 1.14 bits per heavy atom. The van der Waals surface area contributed by atoms with Gasteiger partial charge in [-0.15, -0.1) is 0 Å². The molecule has 0 N–H and O–H groups in total. The molecule has 0 saturated carbocycles. The van der Waals surface area contributed by atoms with Crippen molar-refractivity contribution >= 4 is 12.6 Å². The SMILES string of the molecule is CC(C)CCN(C)CC(CS)C(C)C. The van der Waals surface area contributed by atoms with Crippen LogP contribution in [0.2, 0.25) is 0 Å². The summed E-state index contributed by atoms with van der Waals surface area (Å²) in [4.78, 5) is 2.45. The van der Waals surface area contributed by atoms with Gasteiger partial charge in [-0.3, -0.25) is 0 Å². The standard InChI is InChI=1S/C12H27NS/c1-10(2)6-7-13(5)8-12(9-14)11(3)4/h10-12,14H,6-9H2,1-5H3. The van der Waals surface area contributed by atoms with Crippen molar-refractivity contribution in [1.29, 1.82) is 0 Å². The highest BCUT2D eigenvalue weighted by atomic mass is 32.1. The topological polar surface area (TPSA) is 3.24 Å². The molecule has 0 spiro atoms. The van der Waals surface area contributed by atoms with Crippen LogP contribution < -0.4 is 0 Å². The summed E-state index contributed by atoms with van der Waals surface area (Å²) in [6.07, 6.45) is 1.30. The minimum atomic E-state index is 0.732. The van der Waals surface area contributed by atoms with Gasteiger partial charge in [0.2, 0.25) is 0 Å². The number of rotatable bonds is 7. The Morgan fingerprint density at radius 3 is 2.07 bits per heavy atom. The first-order valence-electron chi connectivity index (χ1n) is 5.76. The molecule has 0 aromatic heterocycles. The minimum absolute atomic E-state index is 0.732. The molecule has 0 aliphatic rings. The molecular formula is C12H27NS. The molecule has 14 heavy (non-hydrogen) atoms. The van der Waals surface area contributed by atoms with Crippen molar-refractivity contribution in [1.82, 2.24) is 4.90 Å². The zero-order chi connectivity index (χ0) is 11.1. The van der Waals surface area contributed by atoms with Crippen LogP contribution in [0.1, 0.15) is 34.1 Å². The third-order valence-corrected chi connectivity index (χ3v) is 3.28. The first kappa shape index (κ1) is 14.3. The zero-order valence-corrected chi connectivity index (χ0v) is 11.3. The highest BCUT2D eigenvalue weighted by Gasteiger charge is 2.13. The van der Waals surface area contributed by atoms with Crippen molar-refractivity contribution in [3.8, 4) is 0 Å². The van der Waals surface area contributed by atoms with Crippen LogP contribution in [0.25, 0.3) is 0 Å². The third-order valence-electron chi connectivity index (χ3n) is 2.81. The Hall–Kier alpha value is 0.310. The van der Waals surface area contributed by atoms with E-state index in [1.165, 1.54) is 19.5 Å². The van der Waals surface area contributed by atoms with Gasteiger partial charge in [0.05, 0.1) is 0 Å². The van der Waals surface area contributed by atoms with Gasteiger partial charge in [-0.05, 0) is 43.5 Å². The fourth-order valence-electron chi connectivity index (χ4n) is 1.45.